The number of benzene rings is 1. The van der Waals surface area contributed by atoms with Crippen molar-refractivity contribution in [1.82, 2.24) is 0 Å². The largest absolute Gasteiger partial charge is 0.427 e. The molecule has 0 fully saturated rings. The molecule has 188 valence electrons. The maximum atomic E-state index is 8.57. The van der Waals surface area contributed by atoms with Crippen LogP contribution in [0.1, 0.15) is 115 Å². The zero-order chi connectivity index (χ0) is 23.9. The second-order valence-corrected chi connectivity index (χ2v) is 10.9. The molecule has 5 heteroatoms. The third kappa shape index (κ3) is 24.4. The highest BCUT2D eigenvalue weighted by molar-refractivity contribution is 5.13. The summed E-state index contributed by atoms with van der Waals surface area (Å²) in [7, 11) is 4.75. The Balaban J connectivity index is 0.00000220. The predicted molar refractivity (Wildman–Crippen MR) is 127 cm³/mol. The zero-order valence-electron chi connectivity index (χ0n) is 21.2. The number of rotatable bonds is 19. The SMILES string of the molecule is CCCCCCCCCCCCCCCCCC[N+](C)(C)Cc1ccccc1.[O-][I+2]([O-])[O-]. The Labute approximate surface area is 208 Å². The van der Waals surface area contributed by atoms with Crippen LogP contribution in [0, 0.1) is 0 Å². The molecule has 1 aromatic rings. The smallest absolute Gasteiger partial charge is 0.282 e. The number of quaternary nitrogens is 1. The van der Waals surface area contributed by atoms with Gasteiger partial charge in [0, 0.05) is 5.56 Å². The fourth-order valence-corrected chi connectivity index (χ4v) is 4.24. The summed E-state index contributed by atoms with van der Waals surface area (Å²) < 4.78 is 26.8. The minimum atomic E-state index is -4.01. The van der Waals surface area contributed by atoms with Gasteiger partial charge in [-0.1, -0.05) is 127 Å². The van der Waals surface area contributed by atoms with Crippen molar-refractivity contribution in [2.24, 2.45) is 0 Å². The second kappa shape index (κ2) is 22.6. The zero-order valence-corrected chi connectivity index (χ0v) is 23.3. The van der Waals surface area contributed by atoms with Crippen LogP contribution < -0.4 is 31.4 Å². The molecule has 0 heterocycles. The van der Waals surface area contributed by atoms with Crippen LogP contribution >= 0.6 is 0 Å². The van der Waals surface area contributed by atoms with Gasteiger partial charge in [-0.2, -0.15) is 0 Å². The lowest BCUT2D eigenvalue weighted by Crippen LogP contribution is -4.05. The van der Waals surface area contributed by atoms with Gasteiger partial charge in [0.1, 0.15) is 6.54 Å². The van der Waals surface area contributed by atoms with Gasteiger partial charge >= 0.3 is 0 Å². The molecule has 1 aromatic carbocycles. The van der Waals surface area contributed by atoms with Crippen LogP contribution in [0.3, 0.4) is 0 Å². The van der Waals surface area contributed by atoms with Crippen molar-refractivity contribution in [2.75, 3.05) is 20.6 Å². The van der Waals surface area contributed by atoms with E-state index in [1.54, 1.807) is 0 Å². The van der Waals surface area contributed by atoms with Crippen molar-refractivity contribution in [3.05, 3.63) is 35.9 Å². The average Bonchev–Trinajstić information content (AvgIpc) is 2.73. The van der Waals surface area contributed by atoms with Crippen LogP contribution in [0.2, 0.25) is 0 Å². The van der Waals surface area contributed by atoms with Crippen molar-refractivity contribution in [3.8, 4) is 0 Å². The lowest BCUT2D eigenvalue weighted by atomic mass is 10.0. The first-order valence-electron chi connectivity index (χ1n) is 13.0. The Hall–Kier alpha value is -0.210. The molecule has 0 atom stereocenters. The van der Waals surface area contributed by atoms with E-state index in [2.05, 4.69) is 51.4 Å². The molecule has 0 aliphatic rings. The fraction of sp³-hybridized carbons (Fsp3) is 0.778. The Morgan fingerprint density at radius 3 is 1.31 bits per heavy atom. The first kappa shape index (κ1) is 31.8. The number of unbranched alkanes of at least 4 members (excludes halogenated alkanes) is 15. The third-order valence-corrected chi connectivity index (χ3v) is 6.07. The van der Waals surface area contributed by atoms with Gasteiger partial charge in [0.2, 0.25) is 0 Å². The molecule has 0 amide bonds. The number of hydrogen-bond donors (Lipinski definition) is 0. The van der Waals surface area contributed by atoms with Crippen molar-refractivity contribution in [1.29, 1.82) is 0 Å². The van der Waals surface area contributed by atoms with E-state index in [1.165, 1.54) is 115 Å². The average molecular weight is 564 g/mol. The maximum absolute atomic E-state index is 8.57. The molecule has 1 rings (SSSR count). The van der Waals surface area contributed by atoms with Crippen LogP contribution in [0.4, 0.5) is 0 Å². The molecule has 0 saturated carbocycles. The van der Waals surface area contributed by atoms with Gasteiger partial charge in [-0.3, -0.25) is 0 Å². The molecule has 0 aliphatic heterocycles. The second-order valence-electron chi connectivity index (χ2n) is 9.80. The summed E-state index contributed by atoms with van der Waals surface area (Å²) in [5.74, 6) is 0. The van der Waals surface area contributed by atoms with Gasteiger partial charge in [-0.15, -0.1) is 0 Å². The molecular formula is C27H50INO3. The number of hydrogen-bond acceptors (Lipinski definition) is 3. The van der Waals surface area contributed by atoms with Crippen molar-refractivity contribution >= 4 is 0 Å². The summed E-state index contributed by atoms with van der Waals surface area (Å²) in [5, 5.41) is 0. The highest BCUT2D eigenvalue weighted by Crippen LogP contribution is 2.15. The molecule has 32 heavy (non-hydrogen) atoms. The van der Waals surface area contributed by atoms with Crippen molar-refractivity contribution in [2.45, 2.75) is 116 Å². The fourth-order valence-electron chi connectivity index (χ4n) is 4.24. The van der Waals surface area contributed by atoms with E-state index < -0.39 is 21.1 Å². The third-order valence-electron chi connectivity index (χ3n) is 6.07. The first-order chi connectivity index (χ1) is 15.4. The van der Waals surface area contributed by atoms with E-state index in [9.17, 15) is 0 Å². The van der Waals surface area contributed by atoms with Gasteiger partial charge < -0.3 is 14.8 Å². The Kier molecular flexibility index (Phi) is 22.4. The molecule has 0 aliphatic carbocycles. The predicted octanol–water partition coefficient (Wildman–Crippen LogP) is 1.96. The van der Waals surface area contributed by atoms with Crippen LogP contribution in [-0.2, 0) is 6.54 Å². The number of nitrogens with zero attached hydrogens (tertiary/aromatic N) is 1. The molecule has 0 radical (unpaired) electrons. The van der Waals surface area contributed by atoms with Crippen LogP contribution in [0.25, 0.3) is 0 Å². The number of halogens is 1. The minimum Gasteiger partial charge on any atom is -0.427 e. The first-order valence-corrected chi connectivity index (χ1v) is 15.6. The summed E-state index contributed by atoms with van der Waals surface area (Å²) in [5.41, 5.74) is 1.46. The Bertz CT molecular complexity index is 494. The molecule has 0 unspecified atom stereocenters. The molecular weight excluding hydrogens is 513 g/mol. The molecule has 0 aromatic heterocycles. The summed E-state index contributed by atoms with van der Waals surface area (Å²) >= 11 is -4.01. The van der Waals surface area contributed by atoms with E-state index in [4.69, 9.17) is 10.3 Å². The van der Waals surface area contributed by atoms with E-state index in [-0.39, 0.29) is 0 Å². The van der Waals surface area contributed by atoms with Gasteiger partial charge in [-0.25, -0.2) is 0 Å². The molecule has 4 nitrogen and oxygen atoms in total. The van der Waals surface area contributed by atoms with Gasteiger partial charge in [0.05, 0.1) is 20.6 Å². The van der Waals surface area contributed by atoms with Crippen molar-refractivity contribution < 1.29 is 35.9 Å². The maximum Gasteiger partial charge on any atom is 0.282 e. The molecule has 0 N–H and O–H groups in total. The topological polar surface area (TPSA) is 69.2 Å². The quantitative estimate of drug-likeness (QED) is 0.147. The highest BCUT2D eigenvalue weighted by atomic mass is 127. The summed E-state index contributed by atoms with van der Waals surface area (Å²) in [6.45, 7) is 4.75. The van der Waals surface area contributed by atoms with Crippen LogP contribution in [0.5, 0.6) is 0 Å². The normalized spacial score (nSPS) is 11.5. The summed E-state index contributed by atoms with van der Waals surface area (Å²) in [6, 6.07) is 10.9. The lowest BCUT2D eigenvalue weighted by molar-refractivity contribution is -1.73. The Morgan fingerprint density at radius 1 is 0.594 bits per heavy atom. The molecule has 0 bridgehead atoms. The minimum absolute atomic E-state index is 1.11. The van der Waals surface area contributed by atoms with Crippen LogP contribution in [0.15, 0.2) is 30.3 Å². The van der Waals surface area contributed by atoms with Crippen molar-refractivity contribution in [3.63, 3.8) is 0 Å². The molecule has 0 spiro atoms. The van der Waals surface area contributed by atoms with Crippen LogP contribution in [-0.4, -0.2) is 25.1 Å². The standard InChI is InChI=1S/C27H50N.IO3/c1-4-5-6-7-8-9-10-11-12-13-14-15-16-17-18-22-25-28(2,3)26-27-23-20-19-21-24-27;2-1(3)4/h19-21,23-24H,4-18,22,25-26H2,1-3H3;/q+1;-1. The van der Waals surface area contributed by atoms with E-state index in [0.717, 1.165) is 11.0 Å². The summed E-state index contributed by atoms with van der Waals surface area (Å²) in [6.07, 6.45) is 23.2. The van der Waals surface area contributed by atoms with Gasteiger partial charge in [0.25, 0.3) is 21.1 Å². The van der Waals surface area contributed by atoms with E-state index in [1.807, 2.05) is 0 Å². The molecule has 0 saturated heterocycles. The van der Waals surface area contributed by atoms with Gasteiger partial charge in [0.15, 0.2) is 0 Å². The summed E-state index contributed by atoms with van der Waals surface area (Å²) in [4.78, 5) is 0. The Morgan fingerprint density at radius 2 is 0.938 bits per heavy atom. The van der Waals surface area contributed by atoms with E-state index >= 15 is 0 Å². The van der Waals surface area contributed by atoms with E-state index in [0.29, 0.717) is 0 Å². The lowest BCUT2D eigenvalue weighted by Gasteiger charge is -2.30. The highest BCUT2D eigenvalue weighted by Gasteiger charge is 2.14. The monoisotopic (exact) mass is 563 g/mol. The van der Waals surface area contributed by atoms with Gasteiger partial charge in [-0.05, 0) is 12.8 Å².